The van der Waals surface area contributed by atoms with Crippen LogP contribution in [0.1, 0.15) is 16.8 Å². The molecule has 138 valence electrons. The maximum Gasteiger partial charge on any atom is 0.276 e. The number of nitrogens with one attached hydrogen (secondary N) is 2. The van der Waals surface area contributed by atoms with Crippen LogP contribution in [0.5, 0.6) is 0 Å². The monoisotopic (exact) mass is 398 g/mol. The second-order valence-corrected chi connectivity index (χ2v) is 7.43. The standard InChI is InChI=1S/C20H19ClN4OS/c1-13-11-14(21)7-8-17(13)22-20(27)24-10-9-18-16(12-24)19(26)25(23-18)15-5-3-2-4-6-15/h2-8,11,23H,9-10,12H2,1H3,(H,22,27). The number of H-pyrrole nitrogens is 1. The molecule has 1 aromatic heterocycles. The fraction of sp³-hybridized carbons (Fsp3) is 0.200. The van der Waals surface area contributed by atoms with E-state index in [4.69, 9.17) is 23.8 Å². The number of para-hydroxylation sites is 1. The number of anilines is 1. The highest BCUT2D eigenvalue weighted by Crippen LogP contribution is 2.22. The largest absolute Gasteiger partial charge is 0.344 e. The Kier molecular flexibility index (Phi) is 4.76. The molecule has 1 aliphatic rings. The molecule has 2 aromatic carbocycles. The molecule has 1 aliphatic heterocycles. The van der Waals surface area contributed by atoms with Crippen LogP contribution in [0.25, 0.3) is 5.69 Å². The lowest BCUT2D eigenvalue weighted by Gasteiger charge is -2.29. The average Bonchev–Trinajstić information content (AvgIpc) is 3.01. The third-order valence-electron chi connectivity index (χ3n) is 4.78. The molecule has 0 aliphatic carbocycles. The van der Waals surface area contributed by atoms with Gasteiger partial charge in [-0.1, -0.05) is 29.8 Å². The van der Waals surface area contributed by atoms with E-state index in [1.165, 1.54) is 0 Å². The van der Waals surface area contributed by atoms with Gasteiger partial charge in [0.15, 0.2) is 5.11 Å². The van der Waals surface area contributed by atoms with Crippen molar-refractivity contribution < 1.29 is 0 Å². The van der Waals surface area contributed by atoms with Gasteiger partial charge in [0.2, 0.25) is 0 Å². The molecule has 0 fully saturated rings. The lowest BCUT2D eigenvalue weighted by atomic mass is 10.1. The number of aromatic amines is 1. The summed E-state index contributed by atoms with van der Waals surface area (Å²) in [7, 11) is 0. The summed E-state index contributed by atoms with van der Waals surface area (Å²) < 4.78 is 1.61. The van der Waals surface area contributed by atoms with E-state index in [0.717, 1.165) is 41.2 Å². The number of hydrogen-bond acceptors (Lipinski definition) is 2. The van der Waals surface area contributed by atoms with Gasteiger partial charge in [-0.2, -0.15) is 0 Å². The second kappa shape index (κ2) is 7.21. The van der Waals surface area contributed by atoms with Gasteiger partial charge in [-0.25, -0.2) is 4.68 Å². The second-order valence-electron chi connectivity index (χ2n) is 6.61. The average molecular weight is 399 g/mol. The van der Waals surface area contributed by atoms with Gasteiger partial charge >= 0.3 is 0 Å². The van der Waals surface area contributed by atoms with Crippen LogP contribution < -0.4 is 10.9 Å². The number of hydrogen-bond donors (Lipinski definition) is 2. The lowest BCUT2D eigenvalue weighted by molar-refractivity contribution is 0.396. The van der Waals surface area contributed by atoms with Gasteiger partial charge in [0.1, 0.15) is 0 Å². The van der Waals surface area contributed by atoms with Crippen LogP contribution in [-0.4, -0.2) is 26.3 Å². The maximum absolute atomic E-state index is 12.9. The molecular weight excluding hydrogens is 380 g/mol. The summed E-state index contributed by atoms with van der Waals surface area (Å²) in [5, 5.41) is 7.82. The SMILES string of the molecule is Cc1cc(Cl)ccc1NC(=S)N1CCc2[nH]n(-c3ccccc3)c(=O)c2C1. The molecule has 0 radical (unpaired) electrons. The van der Waals surface area contributed by atoms with Crippen molar-refractivity contribution in [3.05, 3.63) is 80.7 Å². The number of nitrogens with zero attached hydrogens (tertiary/aromatic N) is 2. The minimum Gasteiger partial charge on any atom is -0.344 e. The summed E-state index contributed by atoms with van der Waals surface area (Å²) in [4.78, 5) is 14.9. The Morgan fingerprint density at radius 2 is 2.00 bits per heavy atom. The summed E-state index contributed by atoms with van der Waals surface area (Å²) in [6.45, 7) is 3.22. The predicted molar refractivity (Wildman–Crippen MR) is 113 cm³/mol. The third kappa shape index (κ3) is 3.50. The van der Waals surface area contributed by atoms with E-state index in [9.17, 15) is 4.79 Å². The number of benzene rings is 2. The first-order valence-electron chi connectivity index (χ1n) is 8.73. The number of aromatic nitrogens is 2. The van der Waals surface area contributed by atoms with E-state index in [0.29, 0.717) is 16.7 Å². The Balaban J connectivity index is 1.55. The van der Waals surface area contributed by atoms with Crippen LogP contribution in [0.4, 0.5) is 5.69 Å². The van der Waals surface area contributed by atoms with E-state index in [1.807, 2.05) is 60.4 Å². The third-order valence-corrected chi connectivity index (χ3v) is 5.38. The highest BCUT2D eigenvalue weighted by molar-refractivity contribution is 7.80. The highest BCUT2D eigenvalue weighted by Gasteiger charge is 2.24. The van der Waals surface area contributed by atoms with Crippen LogP contribution in [0.2, 0.25) is 5.02 Å². The number of rotatable bonds is 2. The Hall–Kier alpha value is -2.57. The number of halogens is 1. The molecule has 0 bridgehead atoms. The summed E-state index contributed by atoms with van der Waals surface area (Å²) in [5.41, 5.74) is 4.50. The van der Waals surface area contributed by atoms with Crippen molar-refractivity contribution in [2.75, 3.05) is 11.9 Å². The molecule has 2 N–H and O–H groups in total. The Morgan fingerprint density at radius 3 is 2.74 bits per heavy atom. The highest BCUT2D eigenvalue weighted by atomic mass is 35.5. The summed E-state index contributed by atoms with van der Waals surface area (Å²) in [6.07, 6.45) is 0.742. The van der Waals surface area contributed by atoms with Gasteiger partial charge in [-0.3, -0.25) is 9.89 Å². The van der Waals surface area contributed by atoms with Crippen LogP contribution in [0, 0.1) is 6.92 Å². The zero-order valence-corrected chi connectivity index (χ0v) is 16.4. The smallest absolute Gasteiger partial charge is 0.276 e. The summed E-state index contributed by atoms with van der Waals surface area (Å²) in [6, 6.07) is 15.2. The van der Waals surface area contributed by atoms with Gasteiger partial charge in [-0.05, 0) is 55.0 Å². The van der Waals surface area contributed by atoms with Gasteiger partial charge in [0.25, 0.3) is 5.56 Å². The van der Waals surface area contributed by atoms with E-state index >= 15 is 0 Å². The zero-order chi connectivity index (χ0) is 19.0. The molecule has 5 nitrogen and oxygen atoms in total. The molecule has 27 heavy (non-hydrogen) atoms. The summed E-state index contributed by atoms with van der Waals surface area (Å²) in [5.74, 6) is 0. The van der Waals surface area contributed by atoms with Crippen LogP contribution in [-0.2, 0) is 13.0 Å². The summed E-state index contributed by atoms with van der Waals surface area (Å²) >= 11 is 11.6. The minimum absolute atomic E-state index is 0.0219. The van der Waals surface area contributed by atoms with Gasteiger partial charge in [0, 0.05) is 29.4 Å². The molecule has 0 spiro atoms. The maximum atomic E-state index is 12.9. The van der Waals surface area contributed by atoms with Crippen molar-refractivity contribution in [3.63, 3.8) is 0 Å². The fourth-order valence-corrected chi connectivity index (χ4v) is 3.79. The number of thiocarbonyl (C=S) groups is 1. The van der Waals surface area contributed by atoms with E-state index < -0.39 is 0 Å². The van der Waals surface area contributed by atoms with Crippen molar-refractivity contribution in [2.45, 2.75) is 19.9 Å². The van der Waals surface area contributed by atoms with Crippen molar-refractivity contribution in [1.82, 2.24) is 14.7 Å². The van der Waals surface area contributed by atoms with Crippen molar-refractivity contribution >= 4 is 34.6 Å². The first-order valence-corrected chi connectivity index (χ1v) is 9.52. The Bertz CT molecular complexity index is 1060. The topological polar surface area (TPSA) is 53.1 Å². The molecular formula is C20H19ClN4OS. The van der Waals surface area contributed by atoms with Crippen LogP contribution >= 0.6 is 23.8 Å². The molecule has 2 heterocycles. The van der Waals surface area contributed by atoms with E-state index in [1.54, 1.807) is 4.68 Å². The van der Waals surface area contributed by atoms with E-state index in [-0.39, 0.29) is 5.56 Å². The van der Waals surface area contributed by atoms with Crippen LogP contribution in [0.3, 0.4) is 0 Å². The molecule has 0 saturated carbocycles. The molecule has 4 rings (SSSR count). The number of fused-ring (bicyclic) bond motifs is 1. The number of aryl methyl sites for hydroxylation is 1. The lowest BCUT2D eigenvalue weighted by Crippen LogP contribution is -2.40. The van der Waals surface area contributed by atoms with Gasteiger partial charge in [-0.15, -0.1) is 0 Å². The molecule has 7 heteroatoms. The molecule has 3 aromatic rings. The van der Waals surface area contributed by atoms with E-state index in [2.05, 4.69) is 10.4 Å². The first-order chi connectivity index (χ1) is 13.0. The van der Waals surface area contributed by atoms with Crippen molar-refractivity contribution in [2.24, 2.45) is 0 Å². The zero-order valence-electron chi connectivity index (χ0n) is 14.8. The van der Waals surface area contributed by atoms with Crippen molar-refractivity contribution in [3.8, 4) is 5.69 Å². The Morgan fingerprint density at radius 1 is 1.22 bits per heavy atom. The van der Waals surface area contributed by atoms with Gasteiger partial charge in [0.05, 0.1) is 17.8 Å². The molecule has 0 saturated heterocycles. The quantitative estimate of drug-likeness (QED) is 0.643. The fourth-order valence-electron chi connectivity index (χ4n) is 3.30. The van der Waals surface area contributed by atoms with Crippen LogP contribution in [0.15, 0.2) is 53.3 Å². The first kappa shape index (κ1) is 17.8. The molecule has 0 amide bonds. The van der Waals surface area contributed by atoms with Gasteiger partial charge < -0.3 is 10.2 Å². The minimum atomic E-state index is -0.0219. The normalized spacial score (nSPS) is 13.3. The van der Waals surface area contributed by atoms with Crippen molar-refractivity contribution in [1.29, 1.82) is 0 Å². The molecule has 0 atom stereocenters. The Labute approximate surface area is 167 Å². The molecule has 0 unspecified atom stereocenters. The predicted octanol–water partition coefficient (Wildman–Crippen LogP) is 3.88.